The molecule has 5 heteroatoms. The van der Waals surface area contributed by atoms with Gasteiger partial charge in [-0.1, -0.05) is 24.3 Å². The van der Waals surface area contributed by atoms with E-state index in [4.69, 9.17) is 0 Å². The van der Waals surface area contributed by atoms with E-state index in [1.54, 1.807) is 19.1 Å². The number of aryl methyl sites for hydroxylation is 1. The molecule has 1 aromatic heterocycles. The van der Waals surface area contributed by atoms with E-state index in [1.807, 2.05) is 0 Å². The molecule has 2 nitrogen and oxygen atoms in total. The average molecular weight is 279 g/mol. The summed E-state index contributed by atoms with van der Waals surface area (Å²) in [5, 5.41) is 0. The second-order valence-electron chi connectivity index (χ2n) is 4.47. The summed E-state index contributed by atoms with van der Waals surface area (Å²) in [6.07, 6.45) is -3.01. The molecule has 0 atom stereocenters. The van der Waals surface area contributed by atoms with Crippen LogP contribution in [0.25, 0.3) is 0 Å². The average Bonchev–Trinajstić information content (AvgIpc) is 2.38. The lowest BCUT2D eigenvalue weighted by Crippen LogP contribution is -2.10. The zero-order valence-electron chi connectivity index (χ0n) is 10.7. The molecule has 0 amide bonds. The maximum absolute atomic E-state index is 12.6. The highest BCUT2D eigenvalue weighted by atomic mass is 19.4. The smallest absolute Gasteiger partial charge is 0.292 e. The van der Waals surface area contributed by atoms with Gasteiger partial charge in [0.1, 0.15) is 5.69 Å². The monoisotopic (exact) mass is 279 g/mol. The number of aromatic nitrogens is 1. The Morgan fingerprint density at radius 2 is 1.95 bits per heavy atom. The van der Waals surface area contributed by atoms with Gasteiger partial charge in [0.05, 0.1) is 5.56 Å². The lowest BCUT2D eigenvalue weighted by molar-refractivity contribution is -0.137. The number of Topliss-reactive ketones (excluding diaryl/α,β-unsaturated/α-hetero) is 1. The molecule has 1 aromatic carbocycles. The van der Waals surface area contributed by atoms with E-state index >= 15 is 0 Å². The molecule has 0 aliphatic heterocycles. The Morgan fingerprint density at radius 3 is 2.60 bits per heavy atom. The summed E-state index contributed by atoms with van der Waals surface area (Å²) >= 11 is 0. The van der Waals surface area contributed by atoms with Crippen LogP contribution in [0.5, 0.6) is 0 Å². The molecule has 0 aliphatic carbocycles. The number of alkyl halides is 3. The molecule has 0 saturated heterocycles. The molecule has 104 valence electrons. The normalized spacial score (nSPS) is 11.4. The van der Waals surface area contributed by atoms with Crippen LogP contribution in [0.2, 0.25) is 0 Å². The van der Waals surface area contributed by atoms with Gasteiger partial charge < -0.3 is 0 Å². The van der Waals surface area contributed by atoms with E-state index in [2.05, 4.69) is 4.98 Å². The van der Waals surface area contributed by atoms with Crippen molar-refractivity contribution in [2.24, 2.45) is 0 Å². The first-order chi connectivity index (χ1) is 9.38. The molecule has 1 heterocycles. The molecule has 20 heavy (non-hydrogen) atoms. The Bertz CT molecular complexity index is 635. The second kappa shape index (κ2) is 5.45. The third-order valence-corrected chi connectivity index (χ3v) is 2.89. The van der Waals surface area contributed by atoms with E-state index in [9.17, 15) is 18.0 Å². The molecule has 0 spiro atoms. The topological polar surface area (TPSA) is 30.0 Å². The Labute approximate surface area is 114 Å². The van der Waals surface area contributed by atoms with Crippen molar-refractivity contribution < 1.29 is 18.0 Å². The molecule has 2 aromatic rings. The molecule has 0 saturated carbocycles. The molecule has 0 unspecified atom stereocenters. The summed E-state index contributed by atoms with van der Waals surface area (Å²) < 4.78 is 37.8. The standard InChI is InChI=1S/C15H12F3NO/c1-10-4-3-7-19-14(10)13(20)9-11-5-2-6-12(8-11)15(16,17)18/h2-8H,9H2,1H3. The number of hydrogen-bond acceptors (Lipinski definition) is 2. The van der Waals surface area contributed by atoms with Gasteiger partial charge in [0.15, 0.2) is 5.78 Å². The number of ketones is 1. The number of nitrogens with zero attached hydrogens (tertiary/aromatic N) is 1. The molecule has 0 aliphatic rings. The Hall–Kier alpha value is -2.17. The summed E-state index contributed by atoms with van der Waals surface area (Å²) in [6, 6.07) is 8.24. The molecule has 2 rings (SSSR count). The summed E-state index contributed by atoms with van der Waals surface area (Å²) in [7, 11) is 0. The number of rotatable bonds is 3. The maximum Gasteiger partial charge on any atom is 0.416 e. The number of carbonyl (C=O) groups is 1. The second-order valence-corrected chi connectivity index (χ2v) is 4.47. The number of pyridine rings is 1. The van der Waals surface area contributed by atoms with Gasteiger partial charge in [0.2, 0.25) is 0 Å². The molecule has 0 bridgehead atoms. The van der Waals surface area contributed by atoms with Crippen LogP contribution in [0.3, 0.4) is 0 Å². The van der Waals surface area contributed by atoms with Crippen LogP contribution in [0.15, 0.2) is 42.6 Å². The van der Waals surface area contributed by atoms with Crippen molar-refractivity contribution >= 4 is 5.78 Å². The van der Waals surface area contributed by atoms with Crippen LogP contribution in [0.1, 0.15) is 27.2 Å². The minimum Gasteiger partial charge on any atom is -0.292 e. The molecule has 0 fully saturated rings. The first kappa shape index (κ1) is 14.2. The van der Waals surface area contributed by atoms with Crippen molar-refractivity contribution in [3.8, 4) is 0 Å². The van der Waals surface area contributed by atoms with Gasteiger partial charge in [-0.2, -0.15) is 13.2 Å². The largest absolute Gasteiger partial charge is 0.416 e. The first-order valence-electron chi connectivity index (χ1n) is 5.99. The van der Waals surface area contributed by atoms with Crippen LogP contribution in [0.4, 0.5) is 13.2 Å². The lowest BCUT2D eigenvalue weighted by Gasteiger charge is -2.08. The number of carbonyl (C=O) groups excluding carboxylic acids is 1. The molecule has 0 N–H and O–H groups in total. The number of hydrogen-bond donors (Lipinski definition) is 0. The van der Waals surface area contributed by atoms with Crippen LogP contribution in [-0.2, 0) is 12.6 Å². The van der Waals surface area contributed by atoms with Gasteiger partial charge in [-0.25, -0.2) is 0 Å². The quantitative estimate of drug-likeness (QED) is 0.799. The predicted molar refractivity (Wildman–Crippen MR) is 68.5 cm³/mol. The molecule has 0 radical (unpaired) electrons. The van der Waals surface area contributed by atoms with Crippen molar-refractivity contribution in [1.29, 1.82) is 0 Å². The highest BCUT2D eigenvalue weighted by Crippen LogP contribution is 2.29. The summed E-state index contributed by atoms with van der Waals surface area (Å²) in [6.45, 7) is 1.74. The van der Waals surface area contributed by atoms with E-state index in [1.165, 1.54) is 18.3 Å². The van der Waals surface area contributed by atoms with Gasteiger partial charge >= 0.3 is 6.18 Å². The van der Waals surface area contributed by atoms with Crippen molar-refractivity contribution in [3.05, 3.63) is 65.0 Å². The van der Waals surface area contributed by atoms with Gasteiger partial charge in [0, 0.05) is 12.6 Å². The lowest BCUT2D eigenvalue weighted by atomic mass is 10.0. The highest BCUT2D eigenvalue weighted by molar-refractivity contribution is 5.96. The minimum absolute atomic E-state index is 0.0955. The van der Waals surface area contributed by atoms with Crippen molar-refractivity contribution in [1.82, 2.24) is 4.98 Å². The summed E-state index contributed by atoms with van der Waals surface area (Å²) in [5.41, 5.74) is 0.588. The van der Waals surface area contributed by atoms with E-state index in [-0.39, 0.29) is 12.2 Å². The summed E-state index contributed by atoms with van der Waals surface area (Å²) in [4.78, 5) is 16.0. The number of benzene rings is 1. The van der Waals surface area contributed by atoms with Gasteiger partial charge in [-0.05, 0) is 30.2 Å². The zero-order valence-corrected chi connectivity index (χ0v) is 10.7. The third kappa shape index (κ3) is 3.23. The van der Waals surface area contributed by atoms with E-state index in [0.29, 0.717) is 16.8 Å². The molecular formula is C15H12F3NO. The van der Waals surface area contributed by atoms with Gasteiger partial charge in [-0.3, -0.25) is 9.78 Å². The Balaban J connectivity index is 2.23. The van der Waals surface area contributed by atoms with Crippen LogP contribution >= 0.6 is 0 Å². The fourth-order valence-corrected chi connectivity index (χ4v) is 1.90. The SMILES string of the molecule is Cc1cccnc1C(=O)Cc1cccc(C(F)(F)F)c1. The fourth-order valence-electron chi connectivity index (χ4n) is 1.90. The maximum atomic E-state index is 12.6. The number of halogens is 3. The van der Waals surface area contributed by atoms with E-state index < -0.39 is 11.7 Å². The minimum atomic E-state index is -4.40. The van der Waals surface area contributed by atoms with E-state index in [0.717, 1.165) is 12.1 Å². The zero-order chi connectivity index (χ0) is 14.8. The van der Waals surface area contributed by atoms with Crippen LogP contribution < -0.4 is 0 Å². The van der Waals surface area contributed by atoms with Crippen molar-refractivity contribution in [2.75, 3.05) is 0 Å². The van der Waals surface area contributed by atoms with Gasteiger partial charge in [0.25, 0.3) is 0 Å². The van der Waals surface area contributed by atoms with Crippen molar-refractivity contribution in [2.45, 2.75) is 19.5 Å². The van der Waals surface area contributed by atoms with Crippen LogP contribution in [-0.4, -0.2) is 10.8 Å². The fraction of sp³-hybridized carbons (Fsp3) is 0.200. The predicted octanol–water partition coefficient (Wildman–Crippen LogP) is 3.83. The van der Waals surface area contributed by atoms with Gasteiger partial charge in [-0.15, -0.1) is 0 Å². The highest BCUT2D eigenvalue weighted by Gasteiger charge is 2.30. The third-order valence-electron chi connectivity index (χ3n) is 2.89. The Morgan fingerprint density at radius 1 is 1.20 bits per heavy atom. The van der Waals surface area contributed by atoms with Crippen LogP contribution in [0, 0.1) is 6.92 Å². The Kier molecular flexibility index (Phi) is 3.88. The first-order valence-corrected chi connectivity index (χ1v) is 5.99. The van der Waals surface area contributed by atoms with Crippen molar-refractivity contribution in [3.63, 3.8) is 0 Å². The summed E-state index contributed by atoms with van der Waals surface area (Å²) in [5.74, 6) is -0.289. The molecular weight excluding hydrogens is 267 g/mol.